The van der Waals surface area contributed by atoms with E-state index in [1.54, 1.807) is 0 Å². The van der Waals surface area contributed by atoms with E-state index in [0.717, 1.165) is 24.4 Å². The molecule has 2 rings (SSSR count). The maximum absolute atomic E-state index is 6.86. The standard InChI is InChI=1S/C26H44O2Si/c1-24(2,3)19-17-21(25(4,5)6)23(22(18-19)26(7,8)9)28-29(10,11)27-20-15-13-12-14-16-20/h15,17-18H,12-14,16H2,1-11H3. The highest BCUT2D eigenvalue weighted by Crippen LogP contribution is 2.44. The summed E-state index contributed by atoms with van der Waals surface area (Å²) in [4.78, 5) is 0. The average molecular weight is 417 g/mol. The van der Waals surface area contributed by atoms with Gasteiger partial charge in [0.1, 0.15) is 5.75 Å². The summed E-state index contributed by atoms with van der Waals surface area (Å²) >= 11 is 0. The molecule has 0 N–H and O–H groups in total. The zero-order valence-electron chi connectivity index (χ0n) is 20.9. The van der Waals surface area contributed by atoms with Crippen LogP contribution in [-0.2, 0) is 20.7 Å². The summed E-state index contributed by atoms with van der Waals surface area (Å²) in [6.45, 7) is 24.9. The van der Waals surface area contributed by atoms with Crippen molar-refractivity contribution < 1.29 is 8.85 Å². The molecule has 0 radical (unpaired) electrons. The van der Waals surface area contributed by atoms with E-state index in [2.05, 4.69) is 93.6 Å². The third-order valence-electron chi connectivity index (χ3n) is 5.55. The molecule has 0 heterocycles. The molecule has 0 bridgehead atoms. The lowest BCUT2D eigenvalue weighted by Crippen LogP contribution is -2.40. The van der Waals surface area contributed by atoms with E-state index in [0.29, 0.717) is 0 Å². The Morgan fingerprint density at radius 2 is 1.24 bits per heavy atom. The van der Waals surface area contributed by atoms with Crippen LogP contribution in [0.25, 0.3) is 0 Å². The average Bonchev–Trinajstić information content (AvgIpc) is 2.51. The van der Waals surface area contributed by atoms with Crippen molar-refractivity contribution in [3.8, 4) is 5.75 Å². The maximum Gasteiger partial charge on any atom is 0.453 e. The van der Waals surface area contributed by atoms with Crippen LogP contribution in [-0.4, -0.2) is 8.56 Å². The van der Waals surface area contributed by atoms with Gasteiger partial charge in [-0.25, -0.2) is 0 Å². The Bertz CT molecular complexity index is 717. The number of allylic oxidation sites excluding steroid dienone is 2. The molecule has 2 nitrogen and oxygen atoms in total. The fraction of sp³-hybridized carbons (Fsp3) is 0.692. The highest BCUT2D eigenvalue weighted by atomic mass is 28.4. The molecule has 1 aromatic rings. The van der Waals surface area contributed by atoms with Gasteiger partial charge in [-0.2, -0.15) is 0 Å². The topological polar surface area (TPSA) is 18.5 Å². The van der Waals surface area contributed by atoms with Gasteiger partial charge in [0.2, 0.25) is 0 Å². The molecule has 0 fully saturated rings. The largest absolute Gasteiger partial charge is 0.516 e. The minimum Gasteiger partial charge on any atom is -0.516 e. The first-order valence-electron chi connectivity index (χ1n) is 11.3. The molecule has 0 atom stereocenters. The van der Waals surface area contributed by atoms with Gasteiger partial charge in [-0.1, -0.05) is 74.4 Å². The summed E-state index contributed by atoms with van der Waals surface area (Å²) in [5, 5.41) is 0. The Kier molecular flexibility index (Phi) is 6.74. The van der Waals surface area contributed by atoms with Gasteiger partial charge in [0.05, 0.1) is 5.76 Å². The number of hydrogen-bond acceptors (Lipinski definition) is 2. The quantitative estimate of drug-likeness (QED) is 0.461. The number of rotatable bonds is 4. The van der Waals surface area contributed by atoms with Gasteiger partial charge in [-0.05, 0) is 58.3 Å². The van der Waals surface area contributed by atoms with Crippen LogP contribution in [0.3, 0.4) is 0 Å². The normalized spacial score (nSPS) is 16.4. The molecule has 0 amide bonds. The van der Waals surface area contributed by atoms with Crippen molar-refractivity contribution in [2.24, 2.45) is 0 Å². The Balaban J connectivity index is 2.60. The smallest absolute Gasteiger partial charge is 0.453 e. The maximum atomic E-state index is 6.86. The van der Waals surface area contributed by atoms with Crippen LogP contribution >= 0.6 is 0 Å². The molecule has 29 heavy (non-hydrogen) atoms. The molecule has 164 valence electrons. The fourth-order valence-electron chi connectivity index (χ4n) is 3.77. The molecule has 3 heteroatoms. The van der Waals surface area contributed by atoms with Crippen LogP contribution in [0.15, 0.2) is 24.0 Å². The van der Waals surface area contributed by atoms with Crippen molar-refractivity contribution in [1.29, 1.82) is 0 Å². The SMILES string of the molecule is CC(C)(C)c1cc(C(C)(C)C)c(O[Si](C)(C)OC2=CCCCC2)c(C(C)(C)C)c1. The predicted molar refractivity (Wildman–Crippen MR) is 128 cm³/mol. The Hall–Kier alpha value is -1.22. The monoisotopic (exact) mass is 416 g/mol. The van der Waals surface area contributed by atoms with Gasteiger partial charge in [-0.3, -0.25) is 0 Å². The molecule has 1 aliphatic rings. The predicted octanol–water partition coefficient (Wildman–Crippen LogP) is 8.13. The van der Waals surface area contributed by atoms with Crippen molar-refractivity contribution in [2.75, 3.05) is 0 Å². The summed E-state index contributed by atoms with van der Waals surface area (Å²) < 4.78 is 13.4. The molecule has 0 aromatic heterocycles. The zero-order chi connectivity index (χ0) is 22.3. The first-order valence-corrected chi connectivity index (χ1v) is 14.1. The van der Waals surface area contributed by atoms with E-state index < -0.39 is 8.56 Å². The van der Waals surface area contributed by atoms with E-state index in [1.165, 1.54) is 29.5 Å². The van der Waals surface area contributed by atoms with Crippen LogP contribution in [0, 0.1) is 0 Å². The lowest BCUT2D eigenvalue weighted by molar-refractivity contribution is 0.297. The molecule has 0 spiro atoms. The molecule has 0 unspecified atom stereocenters. The second-order valence-electron chi connectivity index (χ2n) is 12.2. The summed E-state index contributed by atoms with van der Waals surface area (Å²) in [7, 11) is -2.38. The van der Waals surface area contributed by atoms with Crippen molar-refractivity contribution >= 4 is 8.56 Å². The van der Waals surface area contributed by atoms with Crippen molar-refractivity contribution in [3.05, 3.63) is 40.7 Å². The number of hydrogen-bond donors (Lipinski definition) is 0. The third-order valence-corrected chi connectivity index (χ3v) is 6.99. The van der Waals surface area contributed by atoms with Crippen LogP contribution < -0.4 is 4.43 Å². The van der Waals surface area contributed by atoms with Gasteiger partial charge < -0.3 is 8.85 Å². The van der Waals surface area contributed by atoms with Crippen LogP contribution in [0.1, 0.15) is 105 Å². The fourth-order valence-corrected chi connectivity index (χ4v) is 5.34. The van der Waals surface area contributed by atoms with Crippen molar-refractivity contribution in [3.63, 3.8) is 0 Å². The first kappa shape index (κ1) is 24.1. The molecular weight excluding hydrogens is 372 g/mol. The van der Waals surface area contributed by atoms with Gasteiger partial charge in [0.25, 0.3) is 0 Å². The minimum absolute atomic E-state index is 0.00875. The summed E-state index contributed by atoms with van der Waals surface area (Å²) in [5.41, 5.74) is 4.02. The lowest BCUT2D eigenvalue weighted by atomic mass is 9.75. The highest BCUT2D eigenvalue weighted by Gasteiger charge is 2.36. The van der Waals surface area contributed by atoms with Gasteiger partial charge in [0.15, 0.2) is 0 Å². The van der Waals surface area contributed by atoms with Crippen molar-refractivity contribution in [1.82, 2.24) is 0 Å². The van der Waals surface area contributed by atoms with Crippen LogP contribution in [0.2, 0.25) is 13.1 Å². The summed E-state index contributed by atoms with van der Waals surface area (Å²) in [6, 6.07) is 4.74. The van der Waals surface area contributed by atoms with Crippen LogP contribution in [0.4, 0.5) is 0 Å². The molecule has 1 aromatic carbocycles. The molecule has 0 saturated heterocycles. The van der Waals surface area contributed by atoms with Gasteiger partial charge >= 0.3 is 8.56 Å². The second kappa shape index (κ2) is 8.13. The molecule has 1 aliphatic carbocycles. The van der Waals surface area contributed by atoms with E-state index >= 15 is 0 Å². The summed E-state index contributed by atoms with van der Waals surface area (Å²) in [6.07, 6.45) is 6.92. The lowest BCUT2D eigenvalue weighted by Gasteiger charge is -2.36. The zero-order valence-corrected chi connectivity index (χ0v) is 21.9. The van der Waals surface area contributed by atoms with Crippen molar-refractivity contribution in [2.45, 2.75) is 117 Å². The first-order chi connectivity index (χ1) is 13.0. The molecule has 0 saturated carbocycles. The Morgan fingerprint density at radius 3 is 1.62 bits per heavy atom. The van der Waals surface area contributed by atoms with E-state index in [9.17, 15) is 0 Å². The van der Waals surface area contributed by atoms with E-state index in [4.69, 9.17) is 8.85 Å². The van der Waals surface area contributed by atoms with Gasteiger partial charge in [0, 0.05) is 19.5 Å². The van der Waals surface area contributed by atoms with E-state index in [1.807, 2.05) is 0 Å². The molecular formula is C26H44O2Si. The minimum atomic E-state index is -2.38. The third kappa shape index (κ3) is 6.38. The second-order valence-corrected chi connectivity index (χ2v) is 15.4. The molecule has 0 aliphatic heterocycles. The summed E-state index contributed by atoms with van der Waals surface area (Å²) in [5.74, 6) is 2.18. The Morgan fingerprint density at radius 1 is 0.724 bits per heavy atom. The van der Waals surface area contributed by atoms with Crippen LogP contribution in [0.5, 0.6) is 5.75 Å². The Labute approximate surface area is 181 Å². The highest BCUT2D eigenvalue weighted by molar-refractivity contribution is 6.65. The van der Waals surface area contributed by atoms with Gasteiger partial charge in [-0.15, -0.1) is 0 Å². The number of benzene rings is 1. The van der Waals surface area contributed by atoms with E-state index in [-0.39, 0.29) is 16.2 Å².